The number of cyclic esters (lactones) is 1. The number of rotatable bonds is 7. The molecule has 2 saturated carbocycles. The zero-order chi connectivity index (χ0) is 26.9. The number of fused-ring (bicyclic) bond motifs is 1. The van der Waals surface area contributed by atoms with Crippen LogP contribution in [0.3, 0.4) is 0 Å². The fraction of sp³-hybridized carbons (Fsp3) is 0.433. The van der Waals surface area contributed by atoms with Crippen molar-refractivity contribution in [3.63, 3.8) is 0 Å². The molecule has 0 unspecified atom stereocenters. The number of allylic oxidation sites excluding steroid dienone is 2. The first-order valence-electron chi connectivity index (χ1n) is 12.9. The molecule has 2 aromatic heterocycles. The van der Waals surface area contributed by atoms with Gasteiger partial charge in [0.25, 0.3) is 0 Å². The van der Waals surface area contributed by atoms with Gasteiger partial charge in [-0.3, -0.25) is 0 Å². The topological polar surface area (TPSA) is 78.9 Å². The Morgan fingerprint density at radius 2 is 1.84 bits per heavy atom. The van der Waals surface area contributed by atoms with E-state index in [9.17, 15) is 14.4 Å². The van der Waals surface area contributed by atoms with Gasteiger partial charge in [0.15, 0.2) is 0 Å². The maximum atomic E-state index is 13.0. The number of esters is 3. The molecule has 0 bridgehead atoms. The Labute approximate surface area is 231 Å². The molecule has 3 heterocycles. The summed E-state index contributed by atoms with van der Waals surface area (Å²) in [5.74, 6) is -0.894. The Kier molecular flexibility index (Phi) is 7.47. The predicted octanol–water partition coefficient (Wildman–Crippen LogP) is 6.62. The van der Waals surface area contributed by atoms with Crippen LogP contribution in [0.5, 0.6) is 0 Å². The highest BCUT2D eigenvalue weighted by Gasteiger charge is 2.59. The molecule has 0 saturated heterocycles. The first-order valence-corrected chi connectivity index (χ1v) is 14.7. The van der Waals surface area contributed by atoms with E-state index in [1.165, 1.54) is 22.7 Å². The number of ether oxygens (including phenoxy) is 3. The van der Waals surface area contributed by atoms with E-state index in [-0.39, 0.29) is 41.8 Å². The third-order valence-electron chi connectivity index (χ3n) is 8.61. The minimum Gasteiger partial charge on any atom is -0.461 e. The fourth-order valence-corrected chi connectivity index (χ4v) is 7.85. The van der Waals surface area contributed by atoms with Crippen molar-refractivity contribution in [2.45, 2.75) is 45.6 Å². The van der Waals surface area contributed by atoms with Crippen LogP contribution in [0.1, 0.15) is 58.9 Å². The van der Waals surface area contributed by atoms with Crippen molar-refractivity contribution < 1.29 is 28.6 Å². The van der Waals surface area contributed by atoms with Crippen molar-refractivity contribution in [2.24, 2.45) is 22.7 Å². The van der Waals surface area contributed by atoms with E-state index >= 15 is 0 Å². The summed E-state index contributed by atoms with van der Waals surface area (Å²) in [5.41, 5.74) is 0.865. The highest BCUT2D eigenvalue weighted by molar-refractivity contribution is 7.12. The van der Waals surface area contributed by atoms with Crippen molar-refractivity contribution in [3.05, 3.63) is 80.7 Å². The monoisotopic (exact) mass is 552 g/mol. The standard InChI is InChI=1S/C30H32O6S2/c1-19-8-11-24-29(2,21(19)10-9-20-13-15-34-26(20)31)14-12-25(36-28(33)23-7-5-17-38-23)30(24,3)18-35-27(32)22-6-4-16-37-22/h4-7,9-10,13,16-17,21,24-25H,1,8,11-12,14-15,18H2,2-3H3/b10-9+/t21-,24+,25-,29+,30+/m1/s1. The van der Waals surface area contributed by atoms with Gasteiger partial charge in [-0.25, -0.2) is 14.4 Å². The molecule has 200 valence electrons. The molecule has 0 radical (unpaired) electrons. The molecule has 5 rings (SSSR count). The fourth-order valence-electron chi connectivity index (χ4n) is 6.63. The zero-order valence-corrected chi connectivity index (χ0v) is 23.3. The van der Waals surface area contributed by atoms with Gasteiger partial charge in [-0.15, -0.1) is 22.7 Å². The van der Waals surface area contributed by atoms with Gasteiger partial charge in [-0.2, -0.15) is 0 Å². The van der Waals surface area contributed by atoms with E-state index in [0.29, 0.717) is 28.4 Å². The molecule has 6 nitrogen and oxygen atoms in total. The smallest absolute Gasteiger partial charge is 0.348 e. The second kappa shape index (κ2) is 10.7. The number of hydrogen-bond acceptors (Lipinski definition) is 8. The molecular formula is C30H32O6S2. The largest absolute Gasteiger partial charge is 0.461 e. The van der Waals surface area contributed by atoms with Crippen molar-refractivity contribution in [1.29, 1.82) is 0 Å². The van der Waals surface area contributed by atoms with Gasteiger partial charge in [0.05, 0.1) is 5.57 Å². The van der Waals surface area contributed by atoms with Crippen LogP contribution in [-0.2, 0) is 19.0 Å². The minimum absolute atomic E-state index is 0.0248. The molecule has 2 aliphatic carbocycles. The summed E-state index contributed by atoms with van der Waals surface area (Å²) in [5, 5.41) is 3.70. The molecular weight excluding hydrogens is 520 g/mol. The minimum atomic E-state index is -0.606. The maximum absolute atomic E-state index is 13.0. The van der Waals surface area contributed by atoms with Gasteiger partial charge in [-0.05, 0) is 66.0 Å². The van der Waals surface area contributed by atoms with E-state index < -0.39 is 11.5 Å². The Bertz CT molecular complexity index is 1270. The number of carbonyl (C=O) groups is 3. The number of hydrogen-bond donors (Lipinski definition) is 0. The highest BCUT2D eigenvalue weighted by Crippen LogP contribution is 2.62. The lowest BCUT2D eigenvalue weighted by atomic mass is 9.46. The van der Waals surface area contributed by atoms with Crippen LogP contribution in [0.25, 0.3) is 0 Å². The van der Waals surface area contributed by atoms with Gasteiger partial charge in [0.2, 0.25) is 0 Å². The molecule has 38 heavy (non-hydrogen) atoms. The number of thiophene rings is 2. The molecule has 5 atom stereocenters. The van der Waals surface area contributed by atoms with Crippen LogP contribution in [0.4, 0.5) is 0 Å². The third-order valence-corrected chi connectivity index (χ3v) is 10.3. The SMILES string of the molecule is C=C1CC[C@@H]2[C@](C)(COC(=O)c3cccs3)[C@H](OC(=O)c3cccs3)CC[C@@]2(C)[C@@H]1/C=C/C1=CCOC1=O. The molecule has 1 aliphatic heterocycles. The van der Waals surface area contributed by atoms with Crippen molar-refractivity contribution in [1.82, 2.24) is 0 Å². The van der Waals surface area contributed by atoms with Gasteiger partial charge in [0, 0.05) is 11.3 Å². The van der Waals surface area contributed by atoms with Crippen molar-refractivity contribution in [3.8, 4) is 0 Å². The Hall–Kier alpha value is -2.97. The first-order chi connectivity index (χ1) is 18.2. The van der Waals surface area contributed by atoms with Crippen LogP contribution in [0.15, 0.2) is 71.0 Å². The summed E-state index contributed by atoms with van der Waals surface area (Å²) in [6, 6.07) is 7.18. The summed E-state index contributed by atoms with van der Waals surface area (Å²) in [6.07, 6.45) is 8.43. The van der Waals surface area contributed by atoms with E-state index in [2.05, 4.69) is 26.5 Å². The van der Waals surface area contributed by atoms with Crippen molar-refractivity contribution >= 4 is 40.6 Å². The number of carbonyl (C=O) groups excluding carboxylic acids is 3. The lowest BCUT2D eigenvalue weighted by Crippen LogP contribution is -2.58. The van der Waals surface area contributed by atoms with Crippen LogP contribution < -0.4 is 0 Å². The summed E-state index contributed by atoms with van der Waals surface area (Å²) < 4.78 is 17.1. The van der Waals surface area contributed by atoms with E-state index in [4.69, 9.17) is 14.2 Å². The summed E-state index contributed by atoms with van der Waals surface area (Å²) >= 11 is 2.70. The lowest BCUT2D eigenvalue weighted by molar-refractivity contribution is -0.150. The summed E-state index contributed by atoms with van der Waals surface area (Å²) in [7, 11) is 0. The lowest BCUT2D eigenvalue weighted by Gasteiger charge is -2.59. The Balaban J connectivity index is 1.45. The van der Waals surface area contributed by atoms with Gasteiger partial charge < -0.3 is 14.2 Å². The molecule has 2 aromatic rings. The Morgan fingerprint density at radius 3 is 2.47 bits per heavy atom. The molecule has 0 aromatic carbocycles. The predicted molar refractivity (Wildman–Crippen MR) is 147 cm³/mol. The van der Waals surface area contributed by atoms with E-state index in [1.807, 2.05) is 29.0 Å². The summed E-state index contributed by atoms with van der Waals surface area (Å²) in [4.78, 5) is 39.0. The van der Waals surface area contributed by atoms with Crippen molar-refractivity contribution in [2.75, 3.05) is 13.2 Å². The first kappa shape index (κ1) is 26.6. The average Bonchev–Trinajstić information content (AvgIpc) is 3.68. The van der Waals surface area contributed by atoms with Gasteiger partial charge in [-0.1, -0.05) is 50.3 Å². The molecule has 2 fully saturated rings. The normalized spacial score (nSPS) is 31.0. The molecule has 0 spiro atoms. The van der Waals surface area contributed by atoms with Crippen LogP contribution in [-0.4, -0.2) is 37.2 Å². The van der Waals surface area contributed by atoms with Crippen LogP contribution in [0.2, 0.25) is 0 Å². The van der Waals surface area contributed by atoms with Gasteiger partial charge in [0.1, 0.15) is 29.1 Å². The molecule has 0 amide bonds. The molecule has 0 N–H and O–H groups in total. The summed E-state index contributed by atoms with van der Waals surface area (Å²) in [6.45, 7) is 9.20. The second-order valence-corrected chi connectivity index (χ2v) is 12.7. The van der Waals surface area contributed by atoms with E-state index in [1.54, 1.807) is 18.2 Å². The molecule has 8 heteroatoms. The molecule has 3 aliphatic rings. The second-order valence-electron chi connectivity index (χ2n) is 10.8. The quantitative estimate of drug-likeness (QED) is 0.218. The average molecular weight is 553 g/mol. The van der Waals surface area contributed by atoms with Crippen LogP contribution in [0, 0.1) is 22.7 Å². The zero-order valence-electron chi connectivity index (χ0n) is 21.6. The Morgan fingerprint density at radius 1 is 1.13 bits per heavy atom. The highest BCUT2D eigenvalue weighted by atomic mass is 32.1. The van der Waals surface area contributed by atoms with Crippen LogP contribution >= 0.6 is 22.7 Å². The third kappa shape index (κ3) is 4.92. The maximum Gasteiger partial charge on any atom is 0.348 e. The van der Waals surface area contributed by atoms with Gasteiger partial charge >= 0.3 is 17.9 Å². The van der Waals surface area contributed by atoms with E-state index in [0.717, 1.165) is 24.8 Å².